The molecule has 1 aromatic rings. The van der Waals surface area contributed by atoms with Crippen LogP contribution in [0.3, 0.4) is 0 Å². The molecule has 0 aromatic heterocycles. The molecule has 0 fully saturated rings. The minimum absolute atomic E-state index is 0. The number of halogens is 1. The van der Waals surface area contributed by atoms with Crippen LogP contribution in [0.15, 0.2) is 30.3 Å². The molecular weight excluding hydrogens is 224 g/mol. The molecule has 1 atom stereocenters. The van der Waals surface area contributed by atoms with Crippen LogP contribution in [0.5, 0.6) is 0 Å². The molecular formula is C10H13BrMg. The van der Waals surface area contributed by atoms with E-state index in [1.807, 2.05) is 6.07 Å². The first-order chi connectivity index (χ1) is 4.84. The maximum Gasteiger partial charge on any atom is 2.00 e. The van der Waals surface area contributed by atoms with Gasteiger partial charge in [0, 0.05) is 0 Å². The van der Waals surface area contributed by atoms with Crippen LogP contribution in [0.2, 0.25) is 0 Å². The second kappa shape index (κ2) is 8.08. The summed E-state index contributed by atoms with van der Waals surface area (Å²) in [5.41, 5.74) is 1.39. The molecule has 1 aromatic carbocycles. The molecule has 0 amide bonds. The van der Waals surface area contributed by atoms with E-state index >= 15 is 0 Å². The molecule has 0 nitrogen and oxygen atoms in total. The SMILES string of the molecule is [Br-].[CH2-]C[C@@H](C)c1ccccc1.[Mg+2]. The zero-order valence-corrected chi connectivity index (χ0v) is 10.5. The predicted molar refractivity (Wildman–Crippen MR) is 50.6 cm³/mol. The third-order valence-corrected chi connectivity index (χ3v) is 1.80. The largest absolute Gasteiger partial charge is 2.00 e. The van der Waals surface area contributed by atoms with E-state index in [9.17, 15) is 0 Å². The number of hydrogen-bond donors (Lipinski definition) is 0. The van der Waals surface area contributed by atoms with Crippen molar-refractivity contribution in [3.63, 3.8) is 0 Å². The average Bonchev–Trinajstić information content (AvgIpc) is 2.05. The summed E-state index contributed by atoms with van der Waals surface area (Å²) in [5, 5.41) is 0. The van der Waals surface area contributed by atoms with E-state index in [4.69, 9.17) is 0 Å². The summed E-state index contributed by atoms with van der Waals surface area (Å²) >= 11 is 0. The first-order valence-electron chi connectivity index (χ1n) is 3.68. The number of rotatable bonds is 2. The van der Waals surface area contributed by atoms with Crippen LogP contribution >= 0.6 is 0 Å². The van der Waals surface area contributed by atoms with E-state index < -0.39 is 0 Å². The van der Waals surface area contributed by atoms with Gasteiger partial charge in [-0.15, -0.1) is 0 Å². The van der Waals surface area contributed by atoms with Crippen LogP contribution < -0.4 is 17.0 Å². The maximum absolute atomic E-state index is 3.86. The van der Waals surface area contributed by atoms with Gasteiger partial charge in [-0.3, -0.25) is 0 Å². The first kappa shape index (κ1) is 15.0. The predicted octanol–water partition coefficient (Wildman–Crippen LogP) is -0.363. The summed E-state index contributed by atoms with van der Waals surface area (Å²) in [6.45, 7) is 6.06. The Balaban J connectivity index is 0. The summed E-state index contributed by atoms with van der Waals surface area (Å²) in [6.07, 6.45) is 0.976. The van der Waals surface area contributed by atoms with Gasteiger partial charge < -0.3 is 23.9 Å². The monoisotopic (exact) mass is 236 g/mol. The van der Waals surface area contributed by atoms with Crippen molar-refractivity contribution in [2.75, 3.05) is 0 Å². The first-order valence-corrected chi connectivity index (χ1v) is 3.68. The van der Waals surface area contributed by atoms with Crippen LogP contribution in [0.4, 0.5) is 0 Å². The summed E-state index contributed by atoms with van der Waals surface area (Å²) in [7, 11) is 0. The molecule has 0 N–H and O–H groups in total. The minimum Gasteiger partial charge on any atom is -1.00 e. The summed E-state index contributed by atoms with van der Waals surface area (Å²) in [6, 6.07) is 10.5. The third kappa shape index (κ3) is 4.48. The molecule has 12 heavy (non-hydrogen) atoms. The van der Waals surface area contributed by atoms with Gasteiger partial charge in [-0.25, -0.2) is 0 Å². The van der Waals surface area contributed by atoms with Gasteiger partial charge in [0.25, 0.3) is 0 Å². The van der Waals surface area contributed by atoms with Gasteiger partial charge in [-0.1, -0.05) is 37.3 Å². The molecule has 0 radical (unpaired) electrons. The van der Waals surface area contributed by atoms with E-state index in [-0.39, 0.29) is 40.0 Å². The van der Waals surface area contributed by atoms with Crippen molar-refractivity contribution in [1.29, 1.82) is 0 Å². The molecule has 0 saturated carbocycles. The molecule has 0 unspecified atom stereocenters. The Morgan fingerprint density at radius 2 is 1.75 bits per heavy atom. The zero-order valence-electron chi connectivity index (χ0n) is 7.46. The number of hydrogen-bond acceptors (Lipinski definition) is 0. The van der Waals surface area contributed by atoms with Crippen molar-refractivity contribution < 1.29 is 17.0 Å². The zero-order chi connectivity index (χ0) is 7.40. The fourth-order valence-corrected chi connectivity index (χ4v) is 0.948. The molecule has 2 heteroatoms. The van der Waals surface area contributed by atoms with E-state index in [0.29, 0.717) is 5.92 Å². The summed E-state index contributed by atoms with van der Waals surface area (Å²) in [5.74, 6) is 0.598. The molecule has 0 saturated heterocycles. The second-order valence-electron chi connectivity index (χ2n) is 2.60. The smallest absolute Gasteiger partial charge is 1.00 e. The van der Waals surface area contributed by atoms with Gasteiger partial charge >= 0.3 is 23.1 Å². The fraction of sp³-hybridized carbons (Fsp3) is 0.300. The Labute approximate surface area is 102 Å². The Bertz CT molecular complexity index is 186. The molecule has 0 aliphatic rings. The molecule has 0 aliphatic carbocycles. The van der Waals surface area contributed by atoms with Gasteiger partial charge in [-0.2, -0.15) is 6.42 Å². The Kier molecular flexibility index (Phi) is 10.1. The van der Waals surface area contributed by atoms with Gasteiger partial charge in [0.05, 0.1) is 0 Å². The van der Waals surface area contributed by atoms with Crippen LogP contribution in [0, 0.1) is 6.92 Å². The van der Waals surface area contributed by atoms with Crippen molar-refractivity contribution in [3.8, 4) is 0 Å². The Hall–Kier alpha value is 0.466. The summed E-state index contributed by atoms with van der Waals surface area (Å²) < 4.78 is 0. The van der Waals surface area contributed by atoms with E-state index in [1.165, 1.54) is 5.56 Å². The normalized spacial score (nSPS) is 10.8. The van der Waals surface area contributed by atoms with Gasteiger partial charge in [0.1, 0.15) is 0 Å². The molecule has 1 rings (SSSR count). The molecule has 0 aliphatic heterocycles. The molecule has 0 heterocycles. The quantitative estimate of drug-likeness (QED) is 0.487. The van der Waals surface area contributed by atoms with Crippen molar-refractivity contribution in [1.82, 2.24) is 0 Å². The topological polar surface area (TPSA) is 0 Å². The molecule has 62 valence electrons. The van der Waals surface area contributed by atoms with Crippen molar-refractivity contribution in [2.24, 2.45) is 0 Å². The average molecular weight is 237 g/mol. The van der Waals surface area contributed by atoms with Crippen molar-refractivity contribution >= 4 is 23.1 Å². The molecule has 0 spiro atoms. The standard InChI is InChI=1S/C10H13.BrH.Mg/c1-3-9(2)10-7-5-4-6-8-10;;/h4-9H,1,3H2,2H3;1H;/q-1;;+2/p-1/t9-;;/m1../s1. The summed E-state index contributed by atoms with van der Waals surface area (Å²) in [4.78, 5) is 0. The Morgan fingerprint density at radius 1 is 1.25 bits per heavy atom. The van der Waals surface area contributed by atoms with Crippen molar-refractivity contribution in [2.45, 2.75) is 19.3 Å². The third-order valence-electron chi connectivity index (χ3n) is 1.80. The van der Waals surface area contributed by atoms with Gasteiger partial charge in [0.2, 0.25) is 0 Å². The van der Waals surface area contributed by atoms with Crippen LogP contribution in [-0.4, -0.2) is 23.1 Å². The van der Waals surface area contributed by atoms with Crippen molar-refractivity contribution in [3.05, 3.63) is 42.8 Å². The van der Waals surface area contributed by atoms with Crippen LogP contribution in [-0.2, 0) is 0 Å². The van der Waals surface area contributed by atoms with E-state index in [0.717, 1.165) is 6.42 Å². The Morgan fingerprint density at radius 3 is 2.17 bits per heavy atom. The van der Waals surface area contributed by atoms with Gasteiger partial charge in [-0.05, 0) is 11.5 Å². The number of benzene rings is 1. The van der Waals surface area contributed by atoms with Crippen LogP contribution in [0.1, 0.15) is 24.8 Å². The molecule has 0 bridgehead atoms. The maximum atomic E-state index is 3.86. The van der Waals surface area contributed by atoms with E-state index in [1.54, 1.807) is 0 Å². The minimum atomic E-state index is 0. The fourth-order valence-electron chi connectivity index (χ4n) is 0.948. The van der Waals surface area contributed by atoms with Gasteiger partial charge in [0.15, 0.2) is 0 Å². The van der Waals surface area contributed by atoms with Crippen LogP contribution in [0.25, 0.3) is 0 Å². The second-order valence-corrected chi connectivity index (χ2v) is 2.60. The van der Waals surface area contributed by atoms with E-state index in [2.05, 4.69) is 38.1 Å².